The minimum atomic E-state index is -0.716. The highest BCUT2D eigenvalue weighted by Gasteiger charge is 2.18. The molecule has 1 fully saturated rings. The van der Waals surface area contributed by atoms with Crippen molar-refractivity contribution in [2.24, 2.45) is 0 Å². The first-order valence-corrected chi connectivity index (χ1v) is 6.72. The van der Waals surface area contributed by atoms with Crippen LogP contribution < -0.4 is 0 Å². The predicted molar refractivity (Wildman–Crippen MR) is 72.9 cm³/mol. The van der Waals surface area contributed by atoms with E-state index in [2.05, 4.69) is 27.8 Å². The molecular formula is C14H21N3O2. The van der Waals surface area contributed by atoms with Gasteiger partial charge in [0.25, 0.3) is 0 Å². The summed E-state index contributed by atoms with van der Waals surface area (Å²) in [6, 6.07) is 4.05. The minimum absolute atomic E-state index is 0.235. The highest BCUT2D eigenvalue weighted by atomic mass is 16.4. The van der Waals surface area contributed by atoms with Gasteiger partial charge in [-0.15, -0.1) is 0 Å². The van der Waals surface area contributed by atoms with Crippen molar-refractivity contribution in [2.45, 2.75) is 19.9 Å². The first-order chi connectivity index (χ1) is 9.15. The Hall–Kier alpha value is -1.46. The Kier molecular flexibility index (Phi) is 4.87. The van der Waals surface area contributed by atoms with E-state index in [9.17, 15) is 4.79 Å². The fourth-order valence-corrected chi connectivity index (χ4v) is 2.32. The first-order valence-electron chi connectivity index (χ1n) is 6.72. The maximum absolute atomic E-state index is 10.5. The zero-order valence-electron chi connectivity index (χ0n) is 11.4. The molecule has 0 radical (unpaired) electrons. The smallest absolute Gasteiger partial charge is 0.304 e. The van der Waals surface area contributed by atoms with Gasteiger partial charge in [0.1, 0.15) is 0 Å². The Morgan fingerprint density at radius 2 is 2.00 bits per heavy atom. The monoisotopic (exact) mass is 263 g/mol. The van der Waals surface area contributed by atoms with Crippen LogP contribution in [0.25, 0.3) is 0 Å². The lowest BCUT2D eigenvalue weighted by Gasteiger charge is -2.34. The number of hydrogen-bond acceptors (Lipinski definition) is 4. The van der Waals surface area contributed by atoms with Crippen LogP contribution in [-0.2, 0) is 11.3 Å². The molecule has 0 aliphatic carbocycles. The second-order valence-electron chi connectivity index (χ2n) is 5.03. The van der Waals surface area contributed by atoms with E-state index in [1.165, 1.54) is 5.56 Å². The van der Waals surface area contributed by atoms with Crippen molar-refractivity contribution in [3.8, 4) is 0 Å². The van der Waals surface area contributed by atoms with E-state index in [1.54, 1.807) is 0 Å². The van der Waals surface area contributed by atoms with E-state index < -0.39 is 5.97 Å². The van der Waals surface area contributed by atoms with Crippen LogP contribution in [0.2, 0.25) is 0 Å². The fourth-order valence-electron chi connectivity index (χ4n) is 2.32. The summed E-state index contributed by atoms with van der Waals surface area (Å²) in [5.41, 5.74) is 2.37. The fraction of sp³-hybridized carbons (Fsp3) is 0.571. The molecule has 104 valence electrons. The number of rotatable bonds is 5. The number of carboxylic acids is 1. The van der Waals surface area contributed by atoms with Crippen LogP contribution in [-0.4, -0.2) is 58.6 Å². The highest BCUT2D eigenvalue weighted by molar-refractivity contribution is 5.66. The Morgan fingerprint density at radius 1 is 1.32 bits per heavy atom. The molecule has 0 amide bonds. The van der Waals surface area contributed by atoms with Gasteiger partial charge in [-0.1, -0.05) is 6.07 Å². The Balaban J connectivity index is 1.77. The molecule has 0 spiro atoms. The summed E-state index contributed by atoms with van der Waals surface area (Å²) >= 11 is 0. The summed E-state index contributed by atoms with van der Waals surface area (Å²) in [6.45, 7) is 7.49. The molecule has 0 bridgehead atoms. The average Bonchev–Trinajstić information content (AvgIpc) is 2.40. The minimum Gasteiger partial charge on any atom is -0.481 e. The van der Waals surface area contributed by atoms with Crippen LogP contribution in [0.4, 0.5) is 0 Å². The van der Waals surface area contributed by atoms with Gasteiger partial charge in [-0.2, -0.15) is 0 Å². The van der Waals surface area contributed by atoms with Gasteiger partial charge >= 0.3 is 5.97 Å². The van der Waals surface area contributed by atoms with Gasteiger partial charge in [0, 0.05) is 45.5 Å². The third-order valence-electron chi connectivity index (χ3n) is 3.60. The molecule has 0 aromatic carbocycles. The van der Waals surface area contributed by atoms with Crippen LogP contribution in [0.1, 0.15) is 17.7 Å². The number of aryl methyl sites for hydroxylation is 1. The summed E-state index contributed by atoms with van der Waals surface area (Å²) in [4.78, 5) is 19.6. The average molecular weight is 263 g/mol. The number of aromatic nitrogens is 1. The highest BCUT2D eigenvalue weighted by Crippen LogP contribution is 2.10. The summed E-state index contributed by atoms with van der Waals surface area (Å²) in [7, 11) is 0. The van der Waals surface area contributed by atoms with Crippen molar-refractivity contribution in [3.63, 3.8) is 0 Å². The molecule has 1 aromatic rings. The largest absolute Gasteiger partial charge is 0.481 e. The second kappa shape index (κ2) is 6.63. The van der Waals surface area contributed by atoms with Crippen LogP contribution in [0.15, 0.2) is 18.3 Å². The third-order valence-corrected chi connectivity index (χ3v) is 3.60. The zero-order chi connectivity index (χ0) is 13.7. The van der Waals surface area contributed by atoms with Gasteiger partial charge in [-0.3, -0.25) is 14.7 Å². The van der Waals surface area contributed by atoms with E-state index in [0.29, 0.717) is 6.54 Å². The van der Waals surface area contributed by atoms with Gasteiger partial charge in [-0.25, -0.2) is 0 Å². The van der Waals surface area contributed by atoms with Gasteiger partial charge in [0.05, 0.1) is 12.1 Å². The van der Waals surface area contributed by atoms with E-state index >= 15 is 0 Å². The zero-order valence-corrected chi connectivity index (χ0v) is 11.4. The maximum Gasteiger partial charge on any atom is 0.304 e. The molecule has 0 saturated carbocycles. The molecule has 2 heterocycles. The van der Waals surface area contributed by atoms with Crippen LogP contribution in [0.5, 0.6) is 0 Å². The van der Waals surface area contributed by atoms with Crippen LogP contribution >= 0.6 is 0 Å². The number of carbonyl (C=O) groups is 1. The standard InChI is InChI=1S/C14H21N3O2/c1-12-3-2-5-15-13(12)11-17-9-7-16(8-10-17)6-4-14(18)19/h2-3,5H,4,6-11H2,1H3,(H,18,19). The molecule has 1 N–H and O–H groups in total. The van der Waals surface area contributed by atoms with Crippen molar-refractivity contribution < 1.29 is 9.90 Å². The van der Waals surface area contributed by atoms with Crippen LogP contribution in [0, 0.1) is 6.92 Å². The molecule has 5 heteroatoms. The molecule has 1 saturated heterocycles. The Morgan fingerprint density at radius 3 is 2.63 bits per heavy atom. The number of aliphatic carboxylic acids is 1. The lowest BCUT2D eigenvalue weighted by molar-refractivity contribution is -0.137. The summed E-state index contributed by atoms with van der Waals surface area (Å²) < 4.78 is 0. The van der Waals surface area contributed by atoms with E-state index in [1.807, 2.05) is 12.3 Å². The van der Waals surface area contributed by atoms with Crippen molar-refractivity contribution in [1.29, 1.82) is 0 Å². The molecule has 1 aliphatic rings. The van der Waals surface area contributed by atoms with E-state index in [4.69, 9.17) is 5.11 Å². The van der Waals surface area contributed by atoms with Gasteiger partial charge in [0.2, 0.25) is 0 Å². The SMILES string of the molecule is Cc1cccnc1CN1CCN(CCC(=O)O)CC1. The van der Waals surface area contributed by atoms with Crippen molar-refractivity contribution in [2.75, 3.05) is 32.7 Å². The number of hydrogen-bond donors (Lipinski definition) is 1. The predicted octanol–water partition coefficient (Wildman–Crippen LogP) is 0.982. The molecule has 2 rings (SSSR count). The van der Waals surface area contributed by atoms with Crippen LogP contribution in [0.3, 0.4) is 0 Å². The van der Waals surface area contributed by atoms with Gasteiger partial charge < -0.3 is 10.0 Å². The molecule has 0 unspecified atom stereocenters. The van der Waals surface area contributed by atoms with Gasteiger partial charge in [0.15, 0.2) is 0 Å². The molecule has 0 atom stereocenters. The quantitative estimate of drug-likeness (QED) is 0.858. The summed E-state index contributed by atoms with van der Waals surface area (Å²) in [5, 5.41) is 8.68. The van der Waals surface area contributed by atoms with Gasteiger partial charge in [-0.05, 0) is 18.6 Å². The maximum atomic E-state index is 10.5. The van der Waals surface area contributed by atoms with Crippen molar-refractivity contribution in [3.05, 3.63) is 29.6 Å². The topological polar surface area (TPSA) is 56.7 Å². The number of carboxylic acid groups (broad SMARTS) is 1. The number of piperazine rings is 1. The normalized spacial score (nSPS) is 17.5. The molecule has 1 aromatic heterocycles. The Labute approximate surface area is 113 Å². The number of nitrogens with zero attached hydrogens (tertiary/aromatic N) is 3. The van der Waals surface area contributed by atoms with Crippen molar-refractivity contribution in [1.82, 2.24) is 14.8 Å². The van der Waals surface area contributed by atoms with E-state index in [-0.39, 0.29) is 6.42 Å². The Bertz CT molecular complexity index is 428. The second-order valence-corrected chi connectivity index (χ2v) is 5.03. The molecule has 1 aliphatic heterocycles. The third kappa shape index (κ3) is 4.29. The lowest BCUT2D eigenvalue weighted by Crippen LogP contribution is -2.46. The summed E-state index contributed by atoms with van der Waals surface area (Å²) in [6.07, 6.45) is 2.07. The summed E-state index contributed by atoms with van der Waals surface area (Å²) in [5.74, 6) is -0.716. The molecule has 19 heavy (non-hydrogen) atoms. The number of pyridine rings is 1. The first kappa shape index (κ1) is 14.0. The van der Waals surface area contributed by atoms with E-state index in [0.717, 1.165) is 38.4 Å². The van der Waals surface area contributed by atoms with Crippen molar-refractivity contribution >= 4 is 5.97 Å². The molecular weight excluding hydrogens is 242 g/mol. The molecule has 5 nitrogen and oxygen atoms in total. The lowest BCUT2D eigenvalue weighted by atomic mass is 10.2.